The summed E-state index contributed by atoms with van der Waals surface area (Å²) in [6, 6.07) is 10.3. The standard InChI is InChI=1S/C20H17FN4OS/c1-13-4-3-7-25-11-17(23-19(13)25)10-22-18(26)9-16-12-27-20(24-16)14-5-2-6-15(21)8-14/h2-8,11-12H,9-10H2,1H3,(H,22,26). The van der Waals surface area contributed by atoms with Crippen LogP contribution in [0, 0.1) is 12.7 Å². The number of hydrogen-bond donors (Lipinski definition) is 1. The van der Waals surface area contributed by atoms with Gasteiger partial charge in [0.2, 0.25) is 5.91 Å². The van der Waals surface area contributed by atoms with Gasteiger partial charge in [-0.2, -0.15) is 0 Å². The Morgan fingerprint density at radius 3 is 2.93 bits per heavy atom. The third kappa shape index (κ3) is 3.88. The van der Waals surface area contributed by atoms with Crippen LogP contribution in [0.15, 0.2) is 54.2 Å². The molecule has 0 fully saturated rings. The van der Waals surface area contributed by atoms with Gasteiger partial charge in [-0.25, -0.2) is 14.4 Å². The first-order valence-corrected chi connectivity index (χ1v) is 9.37. The molecular weight excluding hydrogens is 363 g/mol. The fourth-order valence-electron chi connectivity index (χ4n) is 2.85. The first-order valence-electron chi connectivity index (χ1n) is 8.49. The van der Waals surface area contributed by atoms with E-state index in [2.05, 4.69) is 15.3 Å². The average Bonchev–Trinajstić information content (AvgIpc) is 3.27. The largest absolute Gasteiger partial charge is 0.350 e. The molecule has 5 nitrogen and oxygen atoms in total. The monoisotopic (exact) mass is 380 g/mol. The SMILES string of the molecule is Cc1cccn2cc(CNC(=O)Cc3csc(-c4cccc(F)c4)n3)nc12. The van der Waals surface area contributed by atoms with Crippen molar-refractivity contribution in [2.75, 3.05) is 0 Å². The van der Waals surface area contributed by atoms with Crippen LogP contribution < -0.4 is 5.32 Å². The molecule has 0 aliphatic carbocycles. The first kappa shape index (κ1) is 17.4. The molecule has 0 saturated heterocycles. The van der Waals surface area contributed by atoms with E-state index >= 15 is 0 Å². The van der Waals surface area contributed by atoms with E-state index < -0.39 is 0 Å². The molecule has 4 aromatic rings. The Morgan fingerprint density at radius 2 is 2.11 bits per heavy atom. The van der Waals surface area contributed by atoms with Crippen LogP contribution in [0.25, 0.3) is 16.2 Å². The summed E-state index contributed by atoms with van der Waals surface area (Å²) in [5.41, 5.74) is 4.16. The summed E-state index contributed by atoms with van der Waals surface area (Å²) in [4.78, 5) is 21.2. The number of aromatic nitrogens is 3. The van der Waals surface area contributed by atoms with Gasteiger partial charge in [0.15, 0.2) is 0 Å². The van der Waals surface area contributed by atoms with Gasteiger partial charge in [0, 0.05) is 23.3 Å². The summed E-state index contributed by atoms with van der Waals surface area (Å²) in [7, 11) is 0. The van der Waals surface area contributed by atoms with Crippen molar-refractivity contribution < 1.29 is 9.18 Å². The summed E-state index contributed by atoms with van der Waals surface area (Å²) in [6.07, 6.45) is 4.02. The second kappa shape index (κ2) is 7.28. The molecule has 4 rings (SSSR count). The minimum absolute atomic E-state index is 0.125. The Hall–Kier alpha value is -3.06. The van der Waals surface area contributed by atoms with Gasteiger partial charge in [-0.3, -0.25) is 4.79 Å². The molecule has 0 bridgehead atoms. The number of rotatable bonds is 5. The van der Waals surface area contributed by atoms with Gasteiger partial charge in [0.25, 0.3) is 0 Å². The van der Waals surface area contributed by atoms with Gasteiger partial charge >= 0.3 is 0 Å². The van der Waals surface area contributed by atoms with E-state index in [0.29, 0.717) is 22.8 Å². The molecule has 0 spiro atoms. The summed E-state index contributed by atoms with van der Waals surface area (Å²) < 4.78 is 15.3. The highest BCUT2D eigenvalue weighted by Crippen LogP contribution is 2.24. The lowest BCUT2D eigenvalue weighted by Gasteiger charge is -2.01. The number of carbonyl (C=O) groups excluding carboxylic acids is 1. The van der Waals surface area contributed by atoms with Crippen molar-refractivity contribution in [3.63, 3.8) is 0 Å². The smallest absolute Gasteiger partial charge is 0.226 e. The summed E-state index contributed by atoms with van der Waals surface area (Å²) >= 11 is 1.40. The molecule has 1 amide bonds. The normalized spacial score (nSPS) is 11.0. The van der Waals surface area contributed by atoms with Crippen LogP contribution in [-0.4, -0.2) is 20.3 Å². The van der Waals surface area contributed by atoms with E-state index in [4.69, 9.17) is 0 Å². The van der Waals surface area contributed by atoms with E-state index in [9.17, 15) is 9.18 Å². The van der Waals surface area contributed by atoms with Gasteiger partial charge < -0.3 is 9.72 Å². The fraction of sp³-hybridized carbons (Fsp3) is 0.150. The quantitative estimate of drug-likeness (QED) is 0.573. The molecule has 0 aliphatic heterocycles. The predicted octanol–water partition coefficient (Wildman–Crippen LogP) is 3.76. The zero-order chi connectivity index (χ0) is 18.8. The highest BCUT2D eigenvalue weighted by Gasteiger charge is 2.11. The Bertz CT molecular complexity index is 1120. The zero-order valence-corrected chi connectivity index (χ0v) is 15.5. The third-order valence-corrected chi connectivity index (χ3v) is 5.10. The number of pyridine rings is 1. The Balaban J connectivity index is 1.38. The summed E-state index contributed by atoms with van der Waals surface area (Å²) in [5.74, 6) is -0.426. The Labute approximate surface area is 159 Å². The Morgan fingerprint density at radius 1 is 1.22 bits per heavy atom. The average molecular weight is 380 g/mol. The lowest BCUT2D eigenvalue weighted by Crippen LogP contribution is -2.24. The van der Waals surface area contributed by atoms with Crippen LogP contribution in [0.2, 0.25) is 0 Å². The van der Waals surface area contributed by atoms with E-state index in [1.165, 1.54) is 23.5 Å². The minimum atomic E-state index is -0.301. The number of imidazole rings is 1. The van der Waals surface area contributed by atoms with E-state index in [-0.39, 0.29) is 18.1 Å². The molecule has 1 N–H and O–H groups in total. The molecule has 0 aliphatic rings. The van der Waals surface area contributed by atoms with Crippen molar-refractivity contribution in [1.29, 1.82) is 0 Å². The van der Waals surface area contributed by atoms with Crippen LogP contribution in [0.4, 0.5) is 4.39 Å². The van der Waals surface area contributed by atoms with Crippen molar-refractivity contribution in [3.05, 3.63) is 76.9 Å². The van der Waals surface area contributed by atoms with Crippen molar-refractivity contribution in [2.45, 2.75) is 19.9 Å². The maximum atomic E-state index is 13.3. The fourth-order valence-corrected chi connectivity index (χ4v) is 3.66. The second-order valence-corrected chi connectivity index (χ2v) is 7.12. The van der Waals surface area contributed by atoms with E-state index in [0.717, 1.165) is 16.9 Å². The van der Waals surface area contributed by atoms with Crippen molar-refractivity contribution in [1.82, 2.24) is 19.7 Å². The number of nitrogens with one attached hydrogen (secondary N) is 1. The molecule has 0 saturated carbocycles. The molecule has 7 heteroatoms. The lowest BCUT2D eigenvalue weighted by atomic mass is 10.2. The van der Waals surface area contributed by atoms with Crippen LogP contribution in [0.3, 0.4) is 0 Å². The number of benzene rings is 1. The zero-order valence-electron chi connectivity index (χ0n) is 14.6. The van der Waals surface area contributed by atoms with Gasteiger partial charge in [0.1, 0.15) is 16.5 Å². The van der Waals surface area contributed by atoms with Gasteiger partial charge in [-0.05, 0) is 30.7 Å². The van der Waals surface area contributed by atoms with Crippen molar-refractivity contribution in [3.8, 4) is 10.6 Å². The highest BCUT2D eigenvalue weighted by molar-refractivity contribution is 7.13. The molecule has 136 valence electrons. The molecule has 3 heterocycles. The molecule has 0 atom stereocenters. The summed E-state index contributed by atoms with van der Waals surface area (Å²) in [6.45, 7) is 2.37. The third-order valence-electron chi connectivity index (χ3n) is 4.16. The molecule has 0 unspecified atom stereocenters. The maximum absolute atomic E-state index is 13.3. The van der Waals surface area contributed by atoms with Crippen LogP contribution in [0.1, 0.15) is 17.0 Å². The minimum Gasteiger partial charge on any atom is -0.350 e. The van der Waals surface area contributed by atoms with E-state index in [1.54, 1.807) is 12.1 Å². The number of amides is 1. The topological polar surface area (TPSA) is 59.3 Å². The van der Waals surface area contributed by atoms with Gasteiger partial charge in [0.05, 0.1) is 24.4 Å². The Kier molecular flexibility index (Phi) is 4.68. The molecule has 3 aromatic heterocycles. The van der Waals surface area contributed by atoms with Gasteiger partial charge in [-0.1, -0.05) is 18.2 Å². The lowest BCUT2D eigenvalue weighted by molar-refractivity contribution is -0.120. The number of halogens is 1. The number of fused-ring (bicyclic) bond motifs is 1. The van der Waals surface area contributed by atoms with Crippen LogP contribution in [0.5, 0.6) is 0 Å². The van der Waals surface area contributed by atoms with Crippen molar-refractivity contribution >= 4 is 22.9 Å². The highest BCUT2D eigenvalue weighted by atomic mass is 32.1. The molecule has 1 aromatic carbocycles. The molecular formula is C20H17FN4OS. The van der Waals surface area contributed by atoms with Crippen molar-refractivity contribution in [2.24, 2.45) is 0 Å². The maximum Gasteiger partial charge on any atom is 0.226 e. The molecule has 27 heavy (non-hydrogen) atoms. The number of thiazole rings is 1. The van der Waals surface area contributed by atoms with E-state index in [1.807, 2.05) is 41.2 Å². The first-order chi connectivity index (χ1) is 13.1. The number of carbonyl (C=O) groups is 1. The van der Waals surface area contributed by atoms with Gasteiger partial charge in [-0.15, -0.1) is 11.3 Å². The van der Waals surface area contributed by atoms with Crippen LogP contribution in [-0.2, 0) is 17.8 Å². The number of hydrogen-bond acceptors (Lipinski definition) is 4. The number of aryl methyl sites for hydroxylation is 1. The number of nitrogens with zero attached hydrogens (tertiary/aromatic N) is 3. The van der Waals surface area contributed by atoms with Crippen LogP contribution >= 0.6 is 11.3 Å². The second-order valence-electron chi connectivity index (χ2n) is 6.26. The summed E-state index contributed by atoms with van der Waals surface area (Å²) in [5, 5.41) is 5.41. The molecule has 0 radical (unpaired) electrons. The predicted molar refractivity (Wildman–Crippen MR) is 103 cm³/mol.